The number of para-hydroxylation sites is 1. The maximum absolute atomic E-state index is 12.6. The van der Waals surface area contributed by atoms with E-state index in [1.807, 2.05) is 6.07 Å². The molecule has 2 heterocycles. The molecule has 0 radical (unpaired) electrons. The van der Waals surface area contributed by atoms with Gasteiger partial charge in [0, 0.05) is 10.6 Å². The van der Waals surface area contributed by atoms with Crippen molar-refractivity contribution < 1.29 is 9.53 Å². The number of carbonyl (C=O) groups excluding carboxylic acids is 1. The molecule has 4 aromatic rings. The number of aromatic nitrogens is 4. The average Bonchev–Trinajstić information content (AvgIpc) is 3.04. The fourth-order valence-corrected chi connectivity index (χ4v) is 2.67. The monoisotopic (exact) mass is 365 g/mol. The number of benzene rings is 2. The molecule has 7 nitrogen and oxygen atoms in total. The second-order valence-corrected chi connectivity index (χ2v) is 5.84. The quantitative estimate of drug-likeness (QED) is 0.580. The van der Waals surface area contributed by atoms with Crippen LogP contribution in [0.15, 0.2) is 60.9 Å². The van der Waals surface area contributed by atoms with Gasteiger partial charge in [-0.2, -0.15) is 5.10 Å². The Kier molecular flexibility index (Phi) is 3.98. The van der Waals surface area contributed by atoms with Gasteiger partial charge in [0.15, 0.2) is 5.65 Å². The van der Waals surface area contributed by atoms with Crippen molar-refractivity contribution in [1.82, 2.24) is 19.7 Å². The van der Waals surface area contributed by atoms with Gasteiger partial charge >= 0.3 is 6.09 Å². The first-order chi connectivity index (χ1) is 12.6. The van der Waals surface area contributed by atoms with Crippen LogP contribution in [-0.4, -0.2) is 25.8 Å². The number of halogens is 1. The lowest BCUT2D eigenvalue weighted by atomic mass is 10.1. The number of carbonyl (C=O) groups is 1. The first-order valence-corrected chi connectivity index (χ1v) is 8.03. The van der Waals surface area contributed by atoms with Gasteiger partial charge in [0.2, 0.25) is 0 Å². The zero-order valence-corrected chi connectivity index (χ0v) is 14.1. The molecule has 0 unspecified atom stereocenters. The molecule has 0 bridgehead atoms. The van der Waals surface area contributed by atoms with Crippen LogP contribution in [-0.2, 0) is 0 Å². The van der Waals surface area contributed by atoms with Crippen LogP contribution < -0.4 is 10.5 Å². The van der Waals surface area contributed by atoms with Crippen molar-refractivity contribution >= 4 is 34.5 Å². The molecule has 0 aliphatic carbocycles. The fraction of sp³-hybridized carbons (Fsp3) is 0. The van der Waals surface area contributed by atoms with E-state index in [9.17, 15) is 4.79 Å². The van der Waals surface area contributed by atoms with Crippen LogP contribution in [0.3, 0.4) is 0 Å². The van der Waals surface area contributed by atoms with Crippen molar-refractivity contribution in [2.45, 2.75) is 0 Å². The van der Waals surface area contributed by atoms with Gasteiger partial charge in [-0.3, -0.25) is 0 Å². The van der Waals surface area contributed by atoms with E-state index in [0.717, 1.165) is 10.2 Å². The Hall–Kier alpha value is -3.45. The Balaban J connectivity index is 1.84. The van der Waals surface area contributed by atoms with Gasteiger partial charge in [0.1, 0.15) is 23.6 Å². The summed E-state index contributed by atoms with van der Waals surface area (Å²) >= 11 is 5.95. The maximum Gasteiger partial charge on any atom is 0.442 e. The Morgan fingerprint density at radius 2 is 1.77 bits per heavy atom. The molecule has 0 atom stereocenters. The molecule has 2 N–H and O–H groups in total. The van der Waals surface area contributed by atoms with Gasteiger partial charge in [-0.1, -0.05) is 41.9 Å². The molecular weight excluding hydrogens is 354 g/mol. The molecule has 2 aromatic heterocycles. The summed E-state index contributed by atoms with van der Waals surface area (Å²) in [5.41, 5.74) is 7.48. The first-order valence-electron chi connectivity index (χ1n) is 7.66. The molecule has 0 aliphatic heterocycles. The van der Waals surface area contributed by atoms with Crippen LogP contribution in [0.2, 0.25) is 5.02 Å². The summed E-state index contributed by atoms with van der Waals surface area (Å²) in [6.07, 6.45) is 0.580. The van der Waals surface area contributed by atoms with Gasteiger partial charge in [0.25, 0.3) is 0 Å². The van der Waals surface area contributed by atoms with E-state index in [1.165, 1.54) is 6.33 Å². The van der Waals surface area contributed by atoms with Crippen LogP contribution in [0.5, 0.6) is 5.75 Å². The molecule has 2 aromatic carbocycles. The molecule has 26 heavy (non-hydrogen) atoms. The number of nitrogens with zero attached hydrogens (tertiary/aromatic N) is 4. The molecule has 0 amide bonds. The predicted molar refractivity (Wildman–Crippen MR) is 98.0 cm³/mol. The van der Waals surface area contributed by atoms with Crippen LogP contribution >= 0.6 is 11.6 Å². The summed E-state index contributed by atoms with van der Waals surface area (Å²) in [6, 6.07) is 15.7. The van der Waals surface area contributed by atoms with Crippen molar-refractivity contribution in [3.63, 3.8) is 0 Å². The molecule has 0 saturated heterocycles. The van der Waals surface area contributed by atoms with E-state index in [4.69, 9.17) is 22.1 Å². The van der Waals surface area contributed by atoms with Crippen molar-refractivity contribution in [3.05, 3.63) is 65.9 Å². The second-order valence-electron chi connectivity index (χ2n) is 5.41. The molecule has 0 aliphatic rings. The van der Waals surface area contributed by atoms with E-state index >= 15 is 0 Å². The number of anilines is 1. The Labute approximate surface area is 153 Å². The van der Waals surface area contributed by atoms with Gasteiger partial charge in [-0.05, 0) is 24.3 Å². The first kappa shape index (κ1) is 16.0. The van der Waals surface area contributed by atoms with Gasteiger partial charge in [-0.15, -0.1) is 4.68 Å². The summed E-state index contributed by atoms with van der Waals surface area (Å²) in [5, 5.41) is 5.42. The standard InChI is InChI=1S/C18H12ClN5O2/c19-12-8-6-11(7-9-12)15-14-16(20)21-10-22-17(14)24(23-15)18(25)26-13-4-2-1-3-5-13/h1-10H,(H2,20,21,22). The highest BCUT2D eigenvalue weighted by atomic mass is 35.5. The van der Waals surface area contributed by atoms with Crippen molar-refractivity contribution in [2.24, 2.45) is 0 Å². The number of fused-ring (bicyclic) bond motifs is 1. The van der Waals surface area contributed by atoms with E-state index in [2.05, 4.69) is 15.1 Å². The van der Waals surface area contributed by atoms with E-state index in [1.54, 1.807) is 48.5 Å². The lowest BCUT2D eigenvalue weighted by molar-refractivity contribution is 0.200. The Morgan fingerprint density at radius 1 is 1.04 bits per heavy atom. The maximum atomic E-state index is 12.6. The number of nitrogens with two attached hydrogens (primary N) is 1. The molecule has 8 heteroatoms. The number of rotatable bonds is 2. The summed E-state index contributed by atoms with van der Waals surface area (Å²) in [5.74, 6) is 0.620. The molecule has 0 fully saturated rings. The number of hydrogen-bond donors (Lipinski definition) is 1. The van der Waals surface area contributed by atoms with Gasteiger partial charge in [0.05, 0.1) is 5.39 Å². The third-order valence-electron chi connectivity index (χ3n) is 3.73. The lowest BCUT2D eigenvalue weighted by Gasteiger charge is -2.03. The predicted octanol–water partition coefficient (Wildman–Crippen LogP) is 3.78. The summed E-state index contributed by atoms with van der Waals surface area (Å²) < 4.78 is 6.43. The van der Waals surface area contributed by atoms with Gasteiger partial charge in [-0.25, -0.2) is 14.8 Å². The van der Waals surface area contributed by atoms with Crippen molar-refractivity contribution in [1.29, 1.82) is 0 Å². The normalized spacial score (nSPS) is 10.8. The van der Waals surface area contributed by atoms with E-state index < -0.39 is 6.09 Å². The largest absolute Gasteiger partial charge is 0.442 e. The highest BCUT2D eigenvalue weighted by Gasteiger charge is 2.22. The zero-order chi connectivity index (χ0) is 18.1. The fourth-order valence-electron chi connectivity index (χ4n) is 2.54. The Morgan fingerprint density at radius 3 is 2.50 bits per heavy atom. The topological polar surface area (TPSA) is 95.9 Å². The molecular formula is C18H12ClN5O2. The third-order valence-corrected chi connectivity index (χ3v) is 3.98. The molecule has 0 spiro atoms. The molecule has 128 valence electrons. The minimum Gasteiger partial charge on any atom is -0.409 e. The van der Waals surface area contributed by atoms with Crippen molar-refractivity contribution in [3.8, 4) is 17.0 Å². The number of ether oxygens (including phenoxy) is 1. The lowest BCUT2D eigenvalue weighted by Crippen LogP contribution is -2.18. The van der Waals surface area contributed by atoms with Crippen molar-refractivity contribution in [2.75, 3.05) is 5.73 Å². The smallest absolute Gasteiger partial charge is 0.409 e. The highest BCUT2D eigenvalue weighted by Crippen LogP contribution is 2.30. The van der Waals surface area contributed by atoms with Crippen LogP contribution in [0.1, 0.15) is 0 Å². The minimum absolute atomic E-state index is 0.221. The SMILES string of the molecule is Nc1ncnc2c1c(-c1ccc(Cl)cc1)nn2C(=O)Oc1ccccc1. The van der Waals surface area contributed by atoms with E-state index in [-0.39, 0.29) is 11.5 Å². The highest BCUT2D eigenvalue weighted by molar-refractivity contribution is 6.30. The zero-order valence-electron chi connectivity index (χ0n) is 13.3. The van der Waals surface area contributed by atoms with E-state index in [0.29, 0.717) is 21.9 Å². The summed E-state index contributed by atoms with van der Waals surface area (Å²) in [7, 11) is 0. The van der Waals surface area contributed by atoms with Gasteiger partial charge < -0.3 is 10.5 Å². The van der Waals surface area contributed by atoms with Crippen LogP contribution in [0.25, 0.3) is 22.3 Å². The Bertz CT molecular complexity index is 1090. The number of hydrogen-bond acceptors (Lipinski definition) is 6. The average molecular weight is 366 g/mol. The molecule has 0 saturated carbocycles. The minimum atomic E-state index is -0.695. The van der Waals surface area contributed by atoms with Crippen LogP contribution in [0.4, 0.5) is 10.6 Å². The summed E-state index contributed by atoms with van der Waals surface area (Å²) in [4.78, 5) is 20.7. The van der Waals surface area contributed by atoms with Crippen LogP contribution in [0, 0.1) is 0 Å². The summed E-state index contributed by atoms with van der Waals surface area (Å²) in [6.45, 7) is 0. The number of nitrogen functional groups attached to an aromatic ring is 1. The molecule has 4 rings (SSSR count). The third kappa shape index (κ3) is 2.84. The second kappa shape index (κ2) is 6.45.